The number of hydrogen-bond acceptors (Lipinski definition) is 2. The lowest BCUT2D eigenvalue weighted by atomic mass is 9.85. The molecule has 0 N–H and O–H groups in total. The third-order valence-corrected chi connectivity index (χ3v) is 5.26. The molecule has 0 spiro atoms. The van der Waals surface area contributed by atoms with Crippen molar-refractivity contribution in [3.63, 3.8) is 0 Å². The maximum absolute atomic E-state index is 12.5. The van der Waals surface area contributed by atoms with Gasteiger partial charge in [-0.25, -0.2) is 0 Å². The summed E-state index contributed by atoms with van der Waals surface area (Å²) in [6.45, 7) is 14.7. The number of nitrogens with zero attached hydrogens (tertiary/aromatic N) is 1. The van der Waals surface area contributed by atoms with Crippen molar-refractivity contribution in [3.05, 3.63) is 65.4 Å². The fraction of sp³-hybridized carbons (Fsp3) is 0.458. The second kappa shape index (κ2) is 9.02. The molecule has 0 amide bonds. The minimum absolute atomic E-state index is 0.175. The third kappa shape index (κ3) is 4.17. The Morgan fingerprint density at radius 3 is 2.62 bits per heavy atom. The number of hydrogen-bond donors (Lipinski definition) is 0. The first-order chi connectivity index (χ1) is 12.5. The molecule has 0 radical (unpaired) electrons. The van der Waals surface area contributed by atoms with Crippen molar-refractivity contribution in [2.45, 2.75) is 66.3 Å². The Bertz CT molecular complexity index is 724. The van der Waals surface area contributed by atoms with E-state index in [9.17, 15) is 4.79 Å². The normalized spacial score (nSPS) is 19.0. The van der Waals surface area contributed by atoms with Gasteiger partial charge < -0.3 is 4.90 Å². The van der Waals surface area contributed by atoms with E-state index < -0.39 is 0 Å². The van der Waals surface area contributed by atoms with Crippen LogP contribution in [0, 0.1) is 5.92 Å². The maximum Gasteiger partial charge on any atom is 0.164 e. The highest BCUT2D eigenvalue weighted by molar-refractivity contribution is 5.98. The summed E-state index contributed by atoms with van der Waals surface area (Å²) in [7, 11) is 0. The van der Waals surface area contributed by atoms with E-state index in [0.29, 0.717) is 24.0 Å². The first-order valence-corrected chi connectivity index (χ1v) is 9.90. The van der Waals surface area contributed by atoms with Gasteiger partial charge in [-0.05, 0) is 49.3 Å². The SMILES string of the molecule is C=C/C(=C\N1/C(=C\C)c2cc(CC)ccc2CC1C(C)C)C(=O)CCC. The number of Topliss-reactive ketones (excluding diaryl/α,β-unsaturated/α-hetero) is 1. The van der Waals surface area contributed by atoms with Crippen LogP contribution < -0.4 is 0 Å². The molecule has 2 rings (SSSR count). The van der Waals surface area contributed by atoms with Gasteiger partial charge in [-0.1, -0.05) is 58.6 Å². The average Bonchev–Trinajstić information content (AvgIpc) is 2.64. The molecule has 0 bridgehead atoms. The standard InChI is InChI=1S/C24H33NO/c1-7-11-24(26)19(9-3)16-25-22(10-4)21-14-18(8-2)12-13-20(21)15-23(25)17(5)6/h9-10,12-14,16-17,23H,3,7-8,11,15H2,1-2,4-6H3/b19-16+,22-10-. The Labute approximate surface area is 159 Å². The number of carbonyl (C=O) groups excluding carboxylic acids is 1. The molecule has 0 saturated carbocycles. The summed E-state index contributed by atoms with van der Waals surface area (Å²) in [5, 5.41) is 0. The molecular formula is C24H33NO. The second-order valence-corrected chi connectivity index (χ2v) is 7.40. The number of rotatable bonds is 7. The first-order valence-electron chi connectivity index (χ1n) is 9.90. The monoisotopic (exact) mass is 351 g/mol. The van der Waals surface area contributed by atoms with Crippen LogP contribution in [0.3, 0.4) is 0 Å². The minimum atomic E-state index is 0.175. The Morgan fingerprint density at radius 1 is 1.35 bits per heavy atom. The molecule has 0 aliphatic carbocycles. The van der Waals surface area contributed by atoms with E-state index in [2.05, 4.69) is 63.4 Å². The van der Waals surface area contributed by atoms with Gasteiger partial charge in [0.2, 0.25) is 0 Å². The van der Waals surface area contributed by atoms with Gasteiger partial charge >= 0.3 is 0 Å². The van der Waals surface area contributed by atoms with Crippen molar-refractivity contribution < 1.29 is 4.79 Å². The fourth-order valence-electron chi connectivity index (χ4n) is 3.69. The zero-order valence-electron chi connectivity index (χ0n) is 17.0. The van der Waals surface area contributed by atoms with E-state index in [1.54, 1.807) is 6.08 Å². The van der Waals surface area contributed by atoms with Gasteiger partial charge in [-0.3, -0.25) is 4.79 Å². The van der Waals surface area contributed by atoms with Crippen LogP contribution in [0.15, 0.2) is 48.7 Å². The molecular weight excluding hydrogens is 318 g/mol. The molecule has 26 heavy (non-hydrogen) atoms. The zero-order valence-corrected chi connectivity index (χ0v) is 17.0. The molecule has 140 valence electrons. The topological polar surface area (TPSA) is 20.3 Å². The number of carbonyl (C=O) groups is 1. The maximum atomic E-state index is 12.5. The minimum Gasteiger partial charge on any atom is -0.343 e. The summed E-state index contributed by atoms with van der Waals surface area (Å²) < 4.78 is 0. The van der Waals surface area contributed by atoms with Gasteiger partial charge in [-0.15, -0.1) is 0 Å². The van der Waals surface area contributed by atoms with E-state index in [1.165, 1.54) is 22.4 Å². The molecule has 0 saturated heterocycles. The van der Waals surface area contributed by atoms with Crippen molar-refractivity contribution in [2.24, 2.45) is 5.92 Å². The van der Waals surface area contributed by atoms with E-state index in [0.717, 1.165) is 19.3 Å². The van der Waals surface area contributed by atoms with Gasteiger partial charge in [-0.2, -0.15) is 0 Å². The predicted octanol–water partition coefficient (Wildman–Crippen LogP) is 5.93. The van der Waals surface area contributed by atoms with Gasteiger partial charge in [0, 0.05) is 35.5 Å². The number of allylic oxidation sites excluding steroid dienone is 3. The number of ketones is 1. The van der Waals surface area contributed by atoms with Crippen LogP contribution in [0.5, 0.6) is 0 Å². The lowest BCUT2D eigenvalue weighted by Gasteiger charge is -2.41. The van der Waals surface area contributed by atoms with Crippen molar-refractivity contribution >= 4 is 11.5 Å². The van der Waals surface area contributed by atoms with Crippen molar-refractivity contribution in [2.75, 3.05) is 0 Å². The Hall–Kier alpha value is -2.09. The molecule has 0 fully saturated rings. The van der Waals surface area contributed by atoms with Crippen molar-refractivity contribution in [1.82, 2.24) is 4.90 Å². The van der Waals surface area contributed by atoms with Gasteiger partial charge in [0.25, 0.3) is 0 Å². The van der Waals surface area contributed by atoms with Gasteiger partial charge in [0.1, 0.15) is 0 Å². The van der Waals surface area contributed by atoms with E-state index in [-0.39, 0.29) is 5.78 Å². The molecule has 1 unspecified atom stereocenters. The smallest absolute Gasteiger partial charge is 0.164 e. The molecule has 1 heterocycles. The highest BCUT2D eigenvalue weighted by atomic mass is 16.1. The summed E-state index contributed by atoms with van der Waals surface area (Å²) in [5.74, 6) is 0.654. The molecule has 1 aromatic carbocycles. The number of benzene rings is 1. The molecule has 1 aliphatic rings. The second-order valence-electron chi connectivity index (χ2n) is 7.40. The van der Waals surface area contributed by atoms with Crippen LogP contribution >= 0.6 is 0 Å². The zero-order chi connectivity index (χ0) is 19.3. The Kier molecular flexibility index (Phi) is 7.02. The van der Waals surface area contributed by atoms with Crippen LogP contribution in [-0.2, 0) is 17.6 Å². The summed E-state index contributed by atoms with van der Waals surface area (Å²) in [5.41, 5.74) is 5.96. The molecule has 1 aliphatic heterocycles. The third-order valence-electron chi connectivity index (χ3n) is 5.26. The van der Waals surface area contributed by atoms with Crippen molar-refractivity contribution in [1.29, 1.82) is 0 Å². The van der Waals surface area contributed by atoms with Crippen LogP contribution in [0.4, 0.5) is 0 Å². The summed E-state index contributed by atoms with van der Waals surface area (Å²) in [6, 6.07) is 7.17. The first kappa shape index (κ1) is 20.2. The van der Waals surface area contributed by atoms with E-state index >= 15 is 0 Å². The van der Waals surface area contributed by atoms with E-state index in [4.69, 9.17) is 0 Å². The highest BCUT2D eigenvalue weighted by Crippen LogP contribution is 2.36. The van der Waals surface area contributed by atoms with Gasteiger partial charge in [0.05, 0.1) is 0 Å². The van der Waals surface area contributed by atoms with E-state index in [1.807, 2.05) is 13.1 Å². The highest BCUT2D eigenvalue weighted by Gasteiger charge is 2.30. The van der Waals surface area contributed by atoms with Crippen LogP contribution in [0.1, 0.15) is 64.2 Å². The fourth-order valence-corrected chi connectivity index (χ4v) is 3.69. The summed E-state index contributed by atoms with van der Waals surface area (Å²) in [4.78, 5) is 14.8. The van der Waals surface area contributed by atoms with Crippen LogP contribution in [0.2, 0.25) is 0 Å². The largest absolute Gasteiger partial charge is 0.343 e. The molecule has 1 aromatic rings. The molecule has 2 heteroatoms. The number of fused-ring (bicyclic) bond motifs is 1. The van der Waals surface area contributed by atoms with Gasteiger partial charge in [0.15, 0.2) is 5.78 Å². The number of aryl methyl sites for hydroxylation is 1. The predicted molar refractivity (Wildman–Crippen MR) is 112 cm³/mol. The summed E-state index contributed by atoms with van der Waals surface area (Å²) >= 11 is 0. The Morgan fingerprint density at radius 2 is 2.08 bits per heavy atom. The van der Waals surface area contributed by atoms with Crippen LogP contribution in [-0.4, -0.2) is 16.7 Å². The van der Waals surface area contributed by atoms with Crippen molar-refractivity contribution in [3.8, 4) is 0 Å². The molecule has 1 atom stereocenters. The Balaban J connectivity index is 2.56. The average molecular weight is 352 g/mol. The van der Waals surface area contributed by atoms with Crippen LogP contribution in [0.25, 0.3) is 5.70 Å². The lowest BCUT2D eigenvalue weighted by Crippen LogP contribution is -2.40. The lowest BCUT2D eigenvalue weighted by molar-refractivity contribution is -0.115. The quantitative estimate of drug-likeness (QED) is 0.448. The molecule has 0 aromatic heterocycles. The summed E-state index contributed by atoms with van der Waals surface area (Å²) in [6.07, 6.45) is 9.37. The molecule has 2 nitrogen and oxygen atoms in total.